The monoisotopic (exact) mass is 447 g/mol. The normalized spacial score (nSPS) is 12.6. The highest BCUT2D eigenvalue weighted by Crippen LogP contribution is 2.38. The van der Waals surface area contributed by atoms with E-state index in [1.54, 1.807) is 11.3 Å². The number of carbonyl (C=O) groups excluding carboxylic acids is 3. The van der Waals surface area contributed by atoms with Gasteiger partial charge in [0.25, 0.3) is 11.8 Å². The van der Waals surface area contributed by atoms with Gasteiger partial charge in [-0.15, -0.1) is 34.0 Å². The summed E-state index contributed by atoms with van der Waals surface area (Å²) in [5.41, 5.74) is 7.40. The van der Waals surface area contributed by atoms with E-state index in [1.807, 2.05) is 22.9 Å². The number of aryl methyl sites for hydroxylation is 1. The topological polar surface area (TPSA) is 111 Å². The number of thiophene rings is 2. The number of nitrogens with one attached hydrogen (secondary N) is 1. The smallest absolute Gasteiger partial charge is 0.312 e. The van der Waals surface area contributed by atoms with Crippen LogP contribution in [0.2, 0.25) is 0 Å². The summed E-state index contributed by atoms with van der Waals surface area (Å²) >= 11 is 4.41. The zero-order chi connectivity index (χ0) is 20.4. The summed E-state index contributed by atoms with van der Waals surface area (Å²) in [4.78, 5) is 42.5. The Bertz CT molecular complexity index is 1070. The number of carbonyl (C=O) groups is 3. The highest BCUT2D eigenvalue weighted by atomic mass is 32.1. The Morgan fingerprint density at radius 1 is 1.24 bits per heavy atom. The third kappa shape index (κ3) is 4.39. The van der Waals surface area contributed by atoms with E-state index in [4.69, 9.17) is 10.5 Å². The molecule has 0 saturated carbocycles. The second-order valence-corrected chi connectivity index (χ2v) is 9.34. The van der Waals surface area contributed by atoms with Gasteiger partial charge in [0, 0.05) is 10.3 Å². The molecule has 2 amide bonds. The number of primary amides is 1. The number of thiazole rings is 1. The predicted molar refractivity (Wildman–Crippen MR) is 114 cm³/mol. The van der Waals surface area contributed by atoms with E-state index in [0.29, 0.717) is 16.3 Å². The van der Waals surface area contributed by atoms with Crippen molar-refractivity contribution in [2.24, 2.45) is 5.73 Å². The molecular weight excluding hydrogens is 430 g/mol. The molecule has 0 saturated heterocycles. The molecule has 0 fully saturated rings. The molecule has 1 aliphatic rings. The van der Waals surface area contributed by atoms with E-state index in [0.717, 1.165) is 39.6 Å². The number of amides is 2. The quantitative estimate of drug-likeness (QED) is 0.540. The Kier molecular flexibility index (Phi) is 5.74. The van der Waals surface area contributed by atoms with Crippen molar-refractivity contribution in [1.29, 1.82) is 0 Å². The van der Waals surface area contributed by atoms with Crippen LogP contribution in [0, 0.1) is 0 Å². The first-order valence-electron chi connectivity index (χ1n) is 8.89. The lowest BCUT2D eigenvalue weighted by Crippen LogP contribution is -2.23. The van der Waals surface area contributed by atoms with Crippen LogP contribution >= 0.6 is 34.0 Å². The summed E-state index contributed by atoms with van der Waals surface area (Å²) in [7, 11) is 0. The second-order valence-electron chi connectivity index (χ2n) is 6.43. The minimum atomic E-state index is -0.554. The van der Waals surface area contributed by atoms with Crippen molar-refractivity contribution in [2.45, 2.75) is 25.7 Å². The first-order valence-corrected chi connectivity index (χ1v) is 11.5. The summed E-state index contributed by atoms with van der Waals surface area (Å²) in [6.45, 7) is -0.429. The average molecular weight is 448 g/mol. The molecule has 3 aromatic heterocycles. The molecule has 0 aromatic carbocycles. The fraction of sp³-hybridized carbons (Fsp3) is 0.263. The predicted octanol–water partition coefficient (Wildman–Crippen LogP) is 3.25. The molecule has 29 heavy (non-hydrogen) atoms. The van der Waals surface area contributed by atoms with Gasteiger partial charge in [0.05, 0.1) is 22.6 Å². The SMILES string of the molecule is NC(=O)c1c(NC(=O)COC(=O)Cc2csc(-c3cccs3)n2)sc2c1CCC2. The van der Waals surface area contributed by atoms with Gasteiger partial charge in [-0.1, -0.05) is 6.07 Å². The van der Waals surface area contributed by atoms with E-state index >= 15 is 0 Å². The standard InChI is InChI=1S/C19H17N3O4S3/c20-17(25)16-11-3-1-4-12(11)29-19(16)22-14(23)8-26-15(24)7-10-9-28-18(21-10)13-5-2-6-27-13/h2,5-6,9H,1,3-4,7-8H2,(H2,20,25)(H,22,23). The Labute approximate surface area is 178 Å². The largest absolute Gasteiger partial charge is 0.455 e. The van der Waals surface area contributed by atoms with Gasteiger partial charge in [-0.25, -0.2) is 4.98 Å². The van der Waals surface area contributed by atoms with Crippen LogP contribution in [0.25, 0.3) is 9.88 Å². The molecule has 150 valence electrons. The summed E-state index contributed by atoms with van der Waals surface area (Å²) < 4.78 is 5.06. The van der Waals surface area contributed by atoms with Gasteiger partial charge in [-0.2, -0.15) is 0 Å². The lowest BCUT2D eigenvalue weighted by Gasteiger charge is -2.07. The number of hydrogen-bond acceptors (Lipinski definition) is 8. The molecule has 10 heteroatoms. The van der Waals surface area contributed by atoms with E-state index in [9.17, 15) is 14.4 Å². The van der Waals surface area contributed by atoms with Crippen LogP contribution < -0.4 is 11.1 Å². The van der Waals surface area contributed by atoms with Crippen LogP contribution in [0.3, 0.4) is 0 Å². The number of anilines is 1. The lowest BCUT2D eigenvalue weighted by molar-refractivity contribution is -0.146. The molecule has 3 aromatic rings. The number of ether oxygens (including phenoxy) is 1. The molecular formula is C19H17N3O4S3. The van der Waals surface area contributed by atoms with Gasteiger partial charge in [0.1, 0.15) is 10.0 Å². The number of rotatable bonds is 7. The third-order valence-corrected chi connectivity index (χ3v) is 7.53. The van der Waals surface area contributed by atoms with Crippen molar-refractivity contribution in [2.75, 3.05) is 11.9 Å². The molecule has 4 rings (SSSR count). The number of fused-ring (bicyclic) bond motifs is 1. The maximum Gasteiger partial charge on any atom is 0.312 e. The van der Waals surface area contributed by atoms with Gasteiger partial charge >= 0.3 is 5.97 Å². The maximum atomic E-state index is 12.2. The Morgan fingerprint density at radius 3 is 2.86 bits per heavy atom. The van der Waals surface area contributed by atoms with E-state index in [-0.39, 0.29) is 6.42 Å². The number of esters is 1. The highest BCUT2D eigenvalue weighted by Gasteiger charge is 2.26. The van der Waals surface area contributed by atoms with E-state index in [1.165, 1.54) is 22.7 Å². The molecule has 3 N–H and O–H groups in total. The maximum absolute atomic E-state index is 12.2. The van der Waals surface area contributed by atoms with Crippen LogP contribution in [0.5, 0.6) is 0 Å². The Hall–Kier alpha value is -2.56. The molecule has 0 bridgehead atoms. The second kappa shape index (κ2) is 8.44. The van der Waals surface area contributed by atoms with Crippen molar-refractivity contribution < 1.29 is 19.1 Å². The van der Waals surface area contributed by atoms with Crippen LogP contribution in [0.1, 0.15) is 32.9 Å². The summed E-state index contributed by atoms with van der Waals surface area (Å²) in [5, 5.41) is 7.71. The first-order chi connectivity index (χ1) is 14.0. The van der Waals surface area contributed by atoms with Crippen molar-refractivity contribution >= 4 is 56.8 Å². The Balaban J connectivity index is 1.31. The lowest BCUT2D eigenvalue weighted by atomic mass is 10.1. The molecule has 0 atom stereocenters. The van der Waals surface area contributed by atoms with Gasteiger partial charge in [-0.05, 0) is 36.3 Å². The van der Waals surface area contributed by atoms with Crippen molar-refractivity contribution in [3.8, 4) is 9.88 Å². The number of nitrogens with zero attached hydrogens (tertiary/aromatic N) is 1. The van der Waals surface area contributed by atoms with Gasteiger partial charge in [-0.3, -0.25) is 14.4 Å². The van der Waals surface area contributed by atoms with Crippen molar-refractivity contribution in [3.05, 3.63) is 44.6 Å². The third-order valence-electron chi connectivity index (χ3n) is 4.39. The minimum absolute atomic E-state index is 0.00497. The fourth-order valence-corrected chi connectivity index (χ4v) is 6.11. The summed E-state index contributed by atoms with van der Waals surface area (Å²) in [6.07, 6.45) is 2.65. The molecule has 1 aliphatic carbocycles. The van der Waals surface area contributed by atoms with Crippen LogP contribution in [-0.2, 0) is 33.6 Å². The van der Waals surface area contributed by atoms with Crippen molar-refractivity contribution in [3.63, 3.8) is 0 Å². The van der Waals surface area contributed by atoms with Crippen LogP contribution in [0.4, 0.5) is 5.00 Å². The van der Waals surface area contributed by atoms with Gasteiger partial charge in [0.15, 0.2) is 6.61 Å². The van der Waals surface area contributed by atoms with E-state index < -0.39 is 24.4 Å². The molecule has 0 radical (unpaired) electrons. The molecule has 0 spiro atoms. The summed E-state index contributed by atoms with van der Waals surface area (Å²) in [6, 6.07) is 3.91. The van der Waals surface area contributed by atoms with Crippen LogP contribution in [0.15, 0.2) is 22.9 Å². The number of hydrogen-bond donors (Lipinski definition) is 2. The highest BCUT2D eigenvalue weighted by molar-refractivity contribution is 7.20. The molecule has 0 aliphatic heterocycles. The zero-order valence-corrected chi connectivity index (χ0v) is 17.7. The fourth-order valence-electron chi connectivity index (χ4n) is 3.16. The molecule has 3 heterocycles. The molecule has 0 unspecified atom stereocenters. The average Bonchev–Trinajstić information content (AvgIpc) is 3.43. The van der Waals surface area contributed by atoms with Gasteiger partial charge in [0.2, 0.25) is 0 Å². The van der Waals surface area contributed by atoms with E-state index in [2.05, 4.69) is 10.3 Å². The first kappa shape index (κ1) is 19.7. The Morgan fingerprint density at radius 2 is 2.10 bits per heavy atom. The van der Waals surface area contributed by atoms with Crippen LogP contribution in [-0.4, -0.2) is 29.4 Å². The number of aromatic nitrogens is 1. The molecule has 7 nitrogen and oxygen atoms in total. The minimum Gasteiger partial charge on any atom is -0.455 e. The number of nitrogens with two attached hydrogens (primary N) is 1. The van der Waals surface area contributed by atoms with Gasteiger partial charge < -0.3 is 15.8 Å². The van der Waals surface area contributed by atoms with Crippen molar-refractivity contribution in [1.82, 2.24) is 4.98 Å². The summed E-state index contributed by atoms with van der Waals surface area (Å²) in [5.74, 6) is -1.59. The zero-order valence-electron chi connectivity index (χ0n) is 15.2.